The van der Waals surface area contributed by atoms with Crippen LogP contribution >= 0.6 is 0 Å². The van der Waals surface area contributed by atoms with Crippen LogP contribution in [0.4, 0.5) is 0 Å². The molecule has 0 saturated carbocycles. The van der Waals surface area contributed by atoms with Crippen molar-refractivity contribution in [1.82, 2.24) is 0 Å². The number of aryl methyl sites for hydroxylation is 2. The molecule has 1 aromatic carbocycles. The Morgan fingerprint density at radius 1 is 1.22 bits per heavy atom. The summed E-state index contributed by atoms with van der Waals surface area (Å²) in [4.78, 5) is 11.4. The third-order valence-electron chi connectivity index (χ3n) is 3.18. The van der Waals surface area contributed by atoms with E-state index >= 15 is 0 Å². The maximum absolute atomic E-state index is 11.4. The molecular weight excluding hydrogens is 224 g/mol. The summed E-state index contributed by atoms with van der Waals surface area (Å²) in [5.74, 6) is 1.35. The van der Waals surface area contributed by atoms with Crippen LogP contribution in [0.25, 0.3) is 0 Å². The molecule has 0 aliphatic heterocycles. The molecular formula is C16H24O2. The van der Waals surface area contributed by atoms with Crippen molar-refractivity contribution in [3.8, 4) is 5.75 Å². The molecule has 0 aliphatic rings. The van der Waals surface area contributed by atoms with E-state index in [1.54, 1.807) is 7.11 Å². The normalized spacial score (nSPS) is 10.4. The highest BCUT2D eigenvalue weighted by Gasteiger charge is 2.04. The highest BCUT2D eigenvalue weighted by atomic mass is 16.5. The second-order valence-electron chi connectivity index (χ2n) is 4.64. The molecule has 0 spiro atoms. The fourth-order valence-corrected chi connectivity index (χ4v) is 2.13. The number of Topliss-reactive ketones (excluding diaryl/α,β-unsaturated/α-hetero) is 1. The summed E-state index contributed by atoms with van der Waals surface area (Å²) in [5, 5.41) is 0. The average Bonchev–Trinajstić information content (AvgIpc) is 2.38. The third-order valence-corrected chi connectivity index (χ3v) is 3.18. The lowest BCUT2D eigenvalue weighted by molar-refractivity contribution is -0.119. The molecule has 100 valence electrons. The van der Waals surface area contributed by atoms with E-state index in [-0.39, 0.29) is 0 Å². The minimum Gasteiger partial charge on any atom is -0.496 e. The lowest BCUT2D eigenvalue weighted by Gasteiger charge is -2.09. The molecule has 0 unspecified atom stereocenters. The van der Waals surface area contributed by atoms with Gasteiger partial charge >= 0.3 is 0 Å². The number of ether oxygens (including phenoxy) is 1. The number of hydrogen-bond acceptors (Lipinski definition) is 2. The molecule has 18 heavy (non-hydrogen) atoms. The Hall–Kier alpha value is -1.31. The zero-order chi connectivity index (χ0) is 13.4. The summed E-state index contributed by atoms with van der Waals surface area (Å²) in [6.45, 7) is 4.17. The minimum absolute atomic E-state index is 0.384. The van der Waals surface area contributed by atoms with Gasteiger partial charge in [-0.15, -0.1) is 0 Å². The molecule has 0 aromatic heterocycles. The van der Waals surface area contributed by atoms with Gasteiger partial charge in [0.05, 0.1) is 7.11 Å². The van der Waals surface area contributed by atoms with Gasteiger partial charge in [-0.05, 0) is 42.9 Å². The first-order valence-corrected chi connectivity index (χ1v) is 6.88. The molecule has 0 N–H and O–H groups in total. The van der Waals surface area contributed by atoms with E-state index in [0.29, 0.717) is 12.2 Å². The molecule has 0 saturated heterocycles. The van der Waals surface area contributed by atoms with Crippen LogP contribution in [0.5, 0.6) is 5.75 Å². The molecule has 0 radical (unpaired) electrons. The van der Waals surface area contributed by atoms with E-state index in [0.717, 1.165) is 37.9 Å². The van der Waals surface area contributed by atoms with E-state index in [1.807, 2.05) is 6.92 Å². The van der Waals surface area contributed by atoms with Crippen LogP contribution in [0.15, 0.2) is 18.2 Å². The van der Waals surface area contributed by atoms with E-state index in [2.05, 4.69) is 25.1 Å². The van der Waals surface area contributed by atoms with Gasteiger partial charge in [-0.1, -0.05) is 26.0 Å². The Labute approximate surface area is 110 Å². The Kier molecular flexibility index (Phi) is 6.48. The van der Waals surface area contributed by atoms with Gasteiger partial charge in [0, 0.05) is 12.8 Å². The van der Waals surface area contributed by atoms with Gasteiger partial charge in [-0.2, -0.15) is 0 Å². The second kappa shape index (κ2) is 7.91. The number of carbonyl (C=O) groups is 1. The van der Waals surface area contributed by atoms with Gasteiger partial charge in [-0.25, -0.2) is 0 Å². The molecule has 0 heterocycles. The third kappa shape index (κ3) is 4.52. The molecule has 2 nitrogen and oxygen atoms in total. The SMILES string of the molecule is CCCC(=O)CCCc1ccc(CC)c(OC)c1. The second-order valence-corrected chi connectivity index (χ2v) is 4.64. The lowest BCUT2D eigenvalue weighted by atomic mass is 10.0. The number of carbonyl (C=O) groups excluding carboxylic acids is 1. The Bertz CT molecular complexity index is 383. The predicted molar refractivity (Wildman–Crippen MR) is 75.2 cm³/mol. The summed E-state index contributed by atoms with van der Waals surface area (Å²) in [7, 11) is 1.71. The van der Waals surface area contributed by atoms with Crippen molar-refractivity contribution in [1.29, 1.82) is 0 Å². The van der Waals surface area contributed by atoms with Crippen LogP contribution in [-0.2, 0) is 17.6 Å². The highest BCUT2D eigenvalue weighted by molar-refractivity contribution is 5.78. The van der Waals surface area contributed by atoms with Crippen LogP contribution < -0.4 is 4.74 Å². The van der Waals surface area contributed by atoms with Crippen molar-refractivity contribution >= 4 is 5.78 Å². The van der Waals surface area contributed by atoms with Crippen LogP contribution in [0.2, 0.25) is 0 Å². The number of ketones is 1. The van der Waals surface area contributed by atoms with Crippen molar-refractivity contribution in [3.63, 3.8) is 0 Å². The first kappa shape index (κ1) is 14.7. The van der Waals surface area contributed by atoms with Gasteiger partial charge in [-0.3, -0.25) is 4.79 Å². The maximum atomic E-state index is 11.4. The van der Waals surface area contributed by atoms with Gasteiger partial charge in [0.1, 0.15) is 11.5 Å². The van der Waals surface area contributed by atoms with E-state index < -0.39 is 0 Å². The Morgan fingerprint density at radius 2 is 2.00 bits per heavy atom. The van der Waals surface area contributed by atoms with Gasteiger partial charge in [0.15, 0.2) is 0 Å². The number of benzene rings is 1. The molecule has 0 amide bonds. The molecule has 1 aromatic rings. The predicted octanol–water partition coefficient (Wildman–Crippen LogP) is 3.95. The topological polar surface area (TPSA) is 26.3 Å². The molecule has 0 atom stereocenters. The highest BCUT2D eigenvalue weighted by Crippen LogP contribution is 2.21. The quantitative estimate of drug-likeness (QED) is 0.696. The first-order valence-electron chi connectivity index (χ1n) is 6.88. The van der Waals surface area contributed by atoms with Crippen LogP contribution in [0.1, 0.15) is 50.7 Å². The van der Waals surface area contributed by atoms with Gasteiger partial charge < -0.3 is 4.74 Å². The van der Waals surface area contributed by atoms with E-state index in [9.17, 15) is 4.79 Å². The smallest absolute Gasteiger partial charge is 0.132 e. The Morgan fingerprint density at radius 3 is 2.61 bits per heavy atom. The van der Waals surface area contributed by atoms with Crippen LogP contribution in [-0.4, -0.2) is 12.9 Å². The van der Waals surface area contributed by atoms with Crippen molar-refractivity contribution in [2.75, 3.05) is 7.11 Å². The monoisotopic (exact) mass is 248 g/mol. The molecule has 0 bridgehead atoms. The van der Waals surface area contributed by atoms with Gasteiger partial charge in [0.2, 0.25) is 0 Å². The first-order chi connectivity index (χ1) is 8.71. The molecule has 2 heteroatoms. The zero-order valence-corrected chi connectivity index (χ0v) is 11.8. The summed E-state index contributed by atoms with van der Waals surface area (Å²) in [5.41, 5.74) is 2.50. The van der Waals surface area contributed by atoms with E-state index in [4.69, 9.17) is 4.74 Å². The van der Waals surface area contributed by atoms with Crippen molar-refractivity contribution in [2.45, 2.75) is 52.4 Å². The summed E-state index contributed by atoms with van der Waals surface area (Å²) < 4.78 is 5.38. The van der Waals surface area contributed by atoms with Crippen molar-refractivity contribution in [2.24, 2.45) is 0 Å². The maximum Gasteiger partial charge on any atom is 0.132 e. The minimum atomic E-state index is 0.384. The standard InChI is InChI=1S/C16H24O2/c1-4-7-15(17)9-6-8-13-10-11-14(5-2)16(12-13)18-3/h10-12H,4-9H2,1-3H3. The van der Waals surface area contributed by atoms with E-state index in [1.165, 1.54) is 11.1 Å². The fourth-order valence-electron chi connectivity index (χ4n) is 2.13. The molecule has 1 rings (SSSR count). The summed E-state index contributed by atoms with van der Waals surface area (Å²) in [6.07, 6.45) is 5.25. The molecule has 0 aliphatic carbocycles. The van der Waals surface area contributed by atoms with Crippen molar-refractivity contribution in [3.05, 3.63) is 29.3 Å². The Balaban J connectivity index is 2.50. The lowest BCUT2D eigenvalue weighted by Crippen LogP contribution is -1.98. The van der Waals surface area contributed by atoms with Crippen LogP contribution in [0.3, 0.4) is 0 Å². The summed E-state index contributed by atoms with van der Waals surface area (Å²) >= 11 is 0. The zero-order valence-electron chi connectivity index (χ0n) is 11.8. The number of methoxy groups -OCH3 is 1. The fraction of sp³-hybridized carbons (Fsp3) is 0.562. The number of rotatable bonds is 8. The summed E-state index contributed by atoms with van der Waals surface area (Å²) in [6, 6.07) is 6.37. The average molecular weight is 248 g/mol. The largest absolute Gasteiger partial charge is 0.496 e. The van der Waals surface area contributed by atoms with Crippen LogP contribution in [0, 0.1) is 0 Å². The van der Waals surface area contributed by atoms with Gasteiger partial charge in [0.25, 0.3) is 0 Å². The van der Waals surface area contributed by atoms with Crippen molar-refractivity contribution < 1.29 is 9.53 Å². The number of hydrogen-bond donors (Lipinski definition) is 0. The molecule has 0 fully saturated rings.